The summed E-state index contributed by atoms with van der Waals surface area (Å²) in [5, 5.41) is 5.43. The van der Waals surface area contributed by atoms with Crippen molar-refractivity contribution in [3.05, 3.63) is 53.6 Å². The van der Waals surface area contributed by atoms with Crippen LogP contribution in [0.25, 0.3) is 0 Å². The Hall–Kier alpha value is -2.86. The Kier molecular flexibility index (Phi) is 6.54. The van der Waals surface area contributed by atoms with Gasteiger partial charge in [-0.25, -0.2) is 0 Å². The lowest BCUT2D eigenvalue weighted by Gasteiger charge is -2.11. The minimum absolute atomic E-state index is 0.00575. The molecular formula is C19H22N2O4. The van der Waals surface area contributed by atoms with E-state index in [-0.39, 0.29) is 25.0 Å². The molecule has 0 heterocycles. The standard InChI is InChI=1S/C19H22N2O4/c1-13-4-5-14(2)17(10-13)25-12-19(23)21-16-8-6-15(7-9-16)20-18(22)11-24-3/h4-10H,11-12H2,1-3H3,(H,20,22)(H,21,23). The van der Waals surface area contributed by atoms with Gasteiger partial charge in [-0.05, 0) is 55.3 Å². The van der Waals surface area contributed by atoms with E-state index in [9.17, 15) is 9.59 Å². The molecule has 0 spiro atoms. The van der Waals surface area contributed by atoms with Gasteiger partial charge in [0.1, 0.15) is 12.4 Å². The average Bonchev–Trinajstić information content (AvgIpc) is 2.58. The maximum absolute atomic E-state index is 12.0. The average molecular weight is 342 g/mol. The normalized spacial score (nSPS) is 10.2. The van der Waals surface area contributed by atoms with E-state index in [4.69, 9.17) is 9.47 Å². The molecule has 2 N–H and O–H groups in total. The fourth-order valence-electron chi connectivity index (χ4n) is 2.17. The number of carbonyl (C=O) groups is 2. The number of nitrogens with one attached hydrogen (secondary N) is 2. The van der Waals surface area contributed by atoms with E-state index < -0.39 is 0 Å². The molecule has 25 heavy (non-hydrogen) atoms. The number of ether oxygens (including phenoxy) is 2. The van der Waals surface area contributed by atoms with Gasteiger partial charge in [-0.1, -0.05) is 12.1 Å². The van der Waals surface area contributed by atoms with Crippen molar-refractivity contribution in [2.24, 2.45) is 0 Å². The first kappa shape index (κ1) is 18.5. The first-order valence-corrected chi connectivity index (χ1v) is 7.86. The molecule has 2 amide bonds. The highest BCUT2D eigenvalue weighted by molar-refractivity contribution is 5.93. The zero-order chi connectivity index (χ0) is 18.2. The van der Waals surface area contributed by atoms with Gasteiger partial charge in [-0.2, -0.15) is 0 Å². The van der Waals surface area contributed by atoms with Crippen LogP contribution < -0.4 is 15.4 Å². The molecule has 2 rings (SSSR count). The van der Waals surface area contributed by atoms with Crippen molar-refractivity contribution in [2.45, 2.75) is 13.8 Å². The van der Waals surface area contributed by atoms with Gasteiger partial charge in [0.15, 0.2) is 6.61 Å². The van der Waals surface area contributed by atoms with Crippen molar-refractivity contribution in [2.75, 3.05) is 31.0 Å². The molecular weight excluding hydrogens is 320 g/mol. The van der Waals surface area contributed by atoms with Crippen LogP contribution in [0.5, 0.6) is 5.75 Å². The zero-order valence-electron chi connectivity index (χ0n) is 14.6. The molecule has 0 radical (unpaired) electrons. The van der Waals surface area contributed by atoms with Gasteiger partial charge in [0.25, 0.3) is 5.91 Å². The number of aryl methyl sites for hydroxylation is 2. The molecule has 0 fully saturated rings. The molecule has 0 atom stereocenters. The number of rotatable bonds is 7. The zero-order valence-corrected chi connectivity index (χ0v) is 14.6. The largest absolute Gasteiger partial charge is 0.483 e. The number of amides is 2. The van der Waals surface area contributed by atoms with Gasteiger partial charge in [0.2, 0.25) is 5.91 Å². The molecule has 0 saturated heterocycles. The Morgan fingerprint density at radius 2 is 1.44 bits per heavy atom. The van der Waals surface area contributed by atoms with Gasteiger partial charge in [-0.15, -0.1) is 0 Å². The molecule has 0 unspecified atom stereocenters. The van der Waals surface area contributed by atoms with E-state index in [1.54, 1.807) is 24.3 Å². The van der Waals surface area contributed by atoms with E-state index in [0.717, 1.165) is 11.1 Å². The summed E-state index contributed by atoms with van der Waals surface area (Å²) in [5.41, 5.74) is 3.31. The van der Waals surface area contributed by atoms with Crippen molar-refractivity contribution < 1.29 is 19.1 Å². The van der Waals surface area contributed by atoms with Crippen LogP contribution in [0.2, 0.25) is 0 Å². The fourth-order valence-corrected chi connectivity index (χ4v) is 2.17. The van der Waals surface area contributed by atoms with Crippen molar-refractivity contribution >= 4 is 23.2 Å². The lowest BCUT2D eigenvalue weighted by Crippen LogP contribution is -2.20. The minimum atomic E-state index is -0.253. The van der Waals surface area contributed by atoms with Crippen molar-refractivity contribution in [3.8, 4) is 5.75 Å². The molecule has 0 bridgehead atoms. The van der Waals surface area contributed by atoms with Crippen LogP contribution in [0.1, 0.15) is 11.1 Å². The molecule has 6 nitrogen and oxygen atoms in total. The van der Waals surface area contributed by atoms with E-state index >= 15 is 0 Å². The highest BCUT2D eigenvalue weighted by atomic mass is 16.5. The maximum Gasteiger partial charge on any atom is 0.262 e. The quantitative estimate of drug-likeness (QED) is 0.811. The highest BCUT2D eigenvalue weighted by Gasteiger charge is 2.07. The third-order valence-electron chi connectivity index (χ3n) is 3.43. The second kappa shape index (κ2) is 8.84. The van der Waals surface area contributed by atoms with Crippen LogP contribution in [0.3, 0.4) is 0 Å². The second-order valence-electron chi connectivity index (χ2n) is 5.66. The van der Waals surface area contributed by atoms with Crippen LogP contribution in [0.4, 0.5) is 11.4 Å². The third-order valence-corrected chi connectivity index (χ3v) is 3.43. The number of hydrogen-bond donors (Lipinski definition) is 2. The molecule has 0 aliphatic heterocycles. The molecule has 6 heteroatoms. The summed E-state index contributed by atoms with van der Waals surface area (Å²) in [6.07, 6.45) is 0. The Morgan fingerprint density at radius 1 is 0.880 bits per heavy atom. The molecule has 2 aromatic carbocycles. The van der Waals surface area contributed by atoms with E-state index in [1.807, 2.05) is 32.0 Å². The summed E-state index contributed by atoms with van der Waals surface area (Å²) in [7, 11) is 1.46. The van der Waals surface area contributed by atoms with Gasteiger partial charge >= 0.3 is 0 Å². The van der Waals surface area contributed by atoms with E-state index in [2.05, 4.69) is 10.6 Å². The highest BCUT2D eigenvalue weighted by Crippen LogP contribution is 2.19. The summed E-state index contributed by atoms with van der Waals surface area (Å²) in [4.78, 5) is 23.4. The van der Waals surface area contributed by atoms with Gasteiger partial charge in [0, 0.05) is 18.5 Å². The number of benzene rings is 2. The van der Waals surface area contributed by atoms with Crippen LogP contribution in [-0.4, -0.2) is 32.1 Å². The van der Waals surface area contributed by atoms with Crippen LogP contribution in [-0.2, 0) is 14.3 Å². The molecule has 0 aliphatic carbocycles. The summed E-state index contributed by atoms with van der Waals surface area (Å²) < 4.78 is 10.3. The van der Waals surface area contributed by atoms with E-state index in [1.165, 1.54) is 7.11 Å². The summed E-state index contributed by atoms with van der Waals surface area (Å²) >= 11 is 0. The monoisotopic (exact) mass is 342 g/mol. The lowest BCUT2D eigenvalue weighted by molar-refractivity contribution is -0.120. The number of methoxy groups -OCH3 is 1. The first-order valence-electron chi connectivity index (χ1n) is 7.86. The molecule has 0 aliphatic rings. The second-order valence-corrected chi connectivity index (χ2v) is 5.66. The van der Waals surface area contributed by atoms with Crippen LogP contribution in [0, 0.1) is 13.8 Å². The van der Waals surface area contributed by atoms with Crippen molar-refractivity contribution in [1.82, 2.24) is 0 Å². The van der Waals surface area contributed by atoms with E-state index in [0.29, 0.717) is 17.1 Å². The SMILES string of the molecule is COCC(=O)Nc1ccc(NC(=O)COc2cc(C)ccc2C)cc1. The Labute approximate surface area is 147 Å². The topological polar surface area (TPSA) is 76.7 Å². The number of anilines is 2. The summed E-state index contributed by atoms with van der Waals surface area (Å²) in [6, 6.07) is 12.7. The molecule has 132 valence electrons. The Morgan fingerprint density at radius 3 is 2.00 bits per heavy atom. The van der Waals surface area contributed by atoms with Gasteiger partial charge in [0.05, 0.1) is 0 Å². The number of carbonyl (C=O) groups excluding carboxylic acids is 2. The Balaban J connectivity index is 1.86. The third kappa shape index (κ3) is 5.93. The Bertz CT molecular complexity index is 742. The minimum Gasteiger partial charge on any atom is -0.483 e. The predicted molar refractivity (Wildman–Crippen MR) is 97.0 cm³/mol. The van der Waals surface area contributed by atoms with Crippen molar-refractivity contribution in [1.29, 1.82) is 0 Å². The predicted octanol–water partition coefficient (Wildman–Crippen LogP) is 2.91. The summed E-state index contributed by atoms with van der Waals surface area (Å²) in [6.45, 7) is 3.83. The van der Waals surface area contributed by atoms with Crippen LogP contribution >= 0.6 is 0 Å². The smallest absolute Gasteiger partial charge is 0.262 e. The lowest BCUT2D eigenvalue weighted by atomic mass is 10.1. The molecule has 2 aromatic rings. The van der Waals surface area contributed by atoms with Crippen molar-refractivity contribution in [3.63, 3.8) is 0 Å². The number of hydrogen-bond acceptors (Lipinski definition) is 4. The molecule has 0 saturated carbocycles. The van der Waals surface area contributed by atoms with Crippen LogP contribution in [0.15, 0.2) is 42.5 Å². The fraction of sp³-hybridized carbons (Fsp3) is 0.263. The summed E-state index contributed by atoms with van der Waals surface area (Å²) in [5.74, 6) is 0.213. The van der Waals surface area contributed by atoms with Gasteiger partial charge < -0.3 is 20.1 Å². The molecule has 0 aromatic heterocycles. The first-order chi connectivity index (χ1) is 12.0. The maximum atomic E-state index is 12.0. The van der Waals surface area contributed by atoms with Gasteiger partial charge in [-0.3, -0.25) is 9.59 Å².